The molecule has 1 aromatic carbocycles. The number of carbonyl (C=O) groups excluding carboxylic acids is 2. The number of oxazole rings is 1. The number of fused-ring (bicyclic) bond motifs is 2. The van der Waals surface area contributed by atoms with E-state index in [2.05, 4.69) is 20.7 Å². The summed E-state index contributed by atoms with van der Waals surface area (Å²) in [6.45, 7) is 0.522. The molecule has 0 spiro atoms. The summed E-state index contributed by atoms with van der Waals surface area (Å²) in [5, 5.41) is 19.1. The Labute approximate surface area is 234 Å². The number of hydrogen-bond acceptors (Lipinski definition) is 8. The van der Waals surface area contributed by atoms with E-state index in [0.29, 0.717) is 23.2 Å². The minimum Gasteiger partial charge on any atom is -0.514 e. The molecule has 5 rings (SSSR count). The van der Waals surface area contributed by atoms with E-state index in [9.17, 15) is 23.9 Å². The first-order valence-electron chi connectivity index (χ1n) is 13.4. The second-order valence-corrected chi connectivity index (χ2v) is 10.5. The summed E-state index contributed by atoms with van der Waals surface area (Å²) in [6.07, 6.45) is 5.66. The maximum atomic E-state index is 14.5. The van der Waals surface area contributed by atoms with E-state index in [4.69, 9.17) is 4.42 Å². The lowest BCUT2D eigenvalue weighted by Gasteiger charge is -2.32. The van der Waals surface area contributed by atoms with Crippen molar-refractivity contribution in [3.05, 3.63) is 75.7 Å². The number of aliphatic hydroxyl groups excluding tert-OH is 1. The fourth-order valence-corrected chi connectivity index (χ4v) is 5.35. The normalized spacial score (nSPS) is 17.6. The summed E-state index contributed by atoms with van der Waals surface area (Å²) in [5.41, 5.74) is 2.24. The van der Waals surface area contributed by atoms with Crippen LogP contribution in [0.15, 0.2) is 51.6 Å². The van der Waals surface area contributed by atoms with Crippen LogP contribution in [0.3, 0.4) is 0 Å². The van der Waals surface area contributed by atoms with Gasteiger partial charge in [-0.15, -0.1) is 0 Å². The zero-order valence-corrected chi connectivity index (χ0v) is 23.1. The molecular weight excluding hydrogens is 533 g/mol. The number of aryl methyl sites for hydroxylation is 1. The van der Waals surface area contributed by atoms with Gasteiger partial charge in [-0.25, -0.2) is 18.7 Å². The molecule has 0 aliphatic heterocycles. The average molecular weight is 566 g/mol. The summed E-state index contributed by atoms with van der Waals surface area (Å²) < 4.78 is 22.0. The average Bonchev–Trinajstić information content (AvgIpc) is 3.48. The molecule has 4 aromatic rings. The number of amides is 2. The van der Waals surface area contributed by atoms with Gasteiger partial charge in [0.25, 0.3) is 11.8 Å². The molecule has 12 nitrogen and oxygen atoms in total. The van der Waals surface area contributed by atoms with Crippen LogP contribution in [-0.4, -0.2) is 61.6 Å². The van der Waals surface area contributed by atoms with Gasteiger partial charge in [-0.05, 0) is 49.3 Å². The van der Waals surface area contributed by atoms with Crippen LogP contribution in [0.1, 0.15) is 52.2 Å². The minimum atomic E-state index is -0.757. The maximum absolute atomic E-state index is 14.5. The lowest BCUT2D eigenvalue weighted by Crippen LogP contribution is -2.34. The van der Waals surface area contributed by atoms with Crippen LogP contribution in [-0.2, 0) is 13.6 Å². The summed E-state index contributed by atoms with van der Waals surface area (Å²) in [5.74, 6) is -1.82. The molecule has 0 unspecified atom stereocenters. The predicted octanol–water partition coefficient (Wildman–Crippen LogP) is 2.74. The van der Waals surface area contributed by atoms with Gasteiger partial charge in [0.15, 0.2) is 17.0 Å². The molecule has 0 atom stereocenters. The van der Waals surface area contributed by atoms with Gasteiger partial charge in [0, 0.05) is 46.2 Å². The van der Waals surface area contributed by atoms with Crippen LogP contribution < -0.4 is 16.4 Å². The topological polar surface area (TPSA) is 147 Å². The van der Waals surface area contributed by atoms with Crippen LogP contribution in [0.5, 0.6) is 0 Å². The maximum Gasteiger partial charge on any atom is 0.419 e. The first-order chi connectivity index (χ1) is 19.7. The van der Waals surface area contributed by atoms with Gasteiger partial charge >= 0.3 is 5.76 Å². The largest absolute Gasteiger partial charge is 0.514 e. The fourth-order valence-electron chi connectivity index (χ4n) is 5.35. The third-order valence-electron chi connectivity index (χ3n) is 7.67. The van der Waals surface area contributed by atoms with E-state index in [1.165, 1.54) is 16.9 Å². The van der Waals surface area contributed by atoms with Crippen molar-refractivity contribution in [1.82, 2.24) is 34.7 Å². The molecule has 3 N–H and O–H groups in total. The SMILES string of the molecule is CN(C)/C(=C\O)C1CCC(CNC(=O)c2cc(C(=O)NCc3ccc4oc(=O)n(C)c4c3)nc3c(F)cnn23)CC1. The van der Waals surface area contributed by atoms with Gasteiger partial charge in [-0.1, -0.05) is 6.07 Å². The Hall–Kier alpha value is -4.68. The highest BCUT2D eigenvalue weighted by Gasteiger charge is 2.26. The smallest absolute Gasteiger partial charge is 0.419 e. The van der Waals surface area contributed by atoms with Crippen LogP contribution in [0.4, 0.5) is 4.39 Å². The van der Waals surface area contributed by atoms with E-state index in [-0.39, 0.29) is 35.4 Å². The highest BCUT2D eigenvalue weighted by molar-refractivity contribution is 5.98. The molecule has 0 radical (unpaired) electrons. The number of hydrogen-bond donors (Lipinski definition) is 3. The van der Waals surface area contributed by atoms with Crippen molar-refractivity contribution in [3.63, 3.8) is 0 Å². The number of allylic oxidation sites excluding steroid dienone is 1. The fraction of sp³-hybridized carbons (Fsp3) is 0.393. The first-order valence-corrected chi connectivity index (χ1v) is 13.4. The van der Waals surface area contributed by atoms with Crippen molar-refractivity contribution in [2.75, 3.05) is 20.6 Å². The Bertz CT molecular complexity index is 1700. The molecule has 0 saturated heterocycles. The molecule has 41 heavy (non-hydrogen) atoms. The van der Waals surface area contributed by atoms with Crippen molar-refractivity contribution in [1.29, 1.82) is 0 Å². The number of aromatic nitrogens is 4. The number of nitrogens with one attached hydrogen (secondary N) is 2. The number of halogens is 1. The van der Waals surface area contributed by atoms with E-state index in [1.54, 1.807) is 25.2 Å². The standard InChI is InChI=1S/C28H32FN7O5/c1-34(2)23(15-37)18-7-4-16(5-8-18)12-31-27(39)22-11-20(33-25-19(29)14-32-36(22)25)26(38)30-13-17-6-9-24-21(10-17)35(3)28(40)41-24/h6,9-11,14-16,18,37H,4-5,7-8,12-13H2,1-3H3,(H,30,38)(H,31,39)/b23-15-. The quantitative estimate of drug-likeness (QED) is 0.277. The summed E-state index contributed by atoms with van der Waals surface area (Å²) in [4.78, 5) is 44.0. The van der Waals surface area contributed by atoms with E-state index >= 15 is 0 Å². The Morgan fingerprint density at radius 1 is 1.17 bits per heavy atom. The van der Waals surface area contributed by atoms with Crippen LogP contribution in [0.2, 0.25) is 0 Å². The van der Waals surface area contributed by atoms with E-state index < -0.39 is 23.4 Å². The van der Waals surface area contributed by atoms with Crippen LogP contribution in [0, 0.1) is 17.7 Å². The Kier molecular flexibility index (Phi) is 7.77. The number of aliphatic hydroxyl groups is 1. The van der Waals surface area contributed by atoms with Gasteiger partial charge in [0.2, 0.25) is 0 Å². The zero-order chi connectivity index (χ0) is 29.3. The number of benzene rings is 1. The molecule has 3 heterocycles. The molecule has 2 amide bonds. The molecule has 13 heteroatoms. The second kappa shape index (κ2) is 11.4. The van der Waals surface area contributed by atoms with Gasteiger partial charge in [0.1, 0.15) is 11.4 Å². The molecule has 216 valence electrons. The lowest BCUT2D eigenvalue weighted by molar-refractivity contribution is 0.0933. The van der Waals surface area contributed by atoms with Gasteiger partial charge in [-0.3, -0.25) is 14.2 Å². The Balaban J connectivity index is 1.26. The number of rotatable bonds is 8. The van der Waals surface area contributed by atoms with Crippen molar-refractivity contribution >= 4 is 28.6 Å². The molecule has 1 aliphatic rings. The van der Waals surface area contributed by atoms with Gasteiger partial charge < -0.3 is 25.1 Å². The molecular formula is C28H32FN7O5. The third-order valence-corrected chi connectivity index (χ3v) is 7.67. The lowest BCUT2D eigenvalue weighted by atomic mass is 9.80. The first kappa shape index (κ1) is 27.9. The Morgan fingerprint density at radius 3 is 2.63 bits per heavy atom. The van der Waals surface area contributed by atoms with Crippen LogP contribution in [0.25, 0.3) is 16.7 Å². The van der Waals surface area contributed by atoms with Crippen molar-refractivity contribution in [2.24, 2.45) is 18.9 Å². The molecule has 3 aromatic heterocycles. The molecule has 1 saturated carbocycles. The van der Waals surface area contributed by atoms with Crippen molar-refractivity contribution in [2.45, 2.75) is 32.2 Å². The third kappa shape index (κ3) is 5.65. The minimum absolute atomic E-state index is 0.00865. The zero-order valence-electron chi connectivity index (χ0n) is 23.1. The summed E-state index contributed by atoms with van der Waals surface area (Å²) in [7, 11) is 5.39. The number of carbonyl (C=O) groups is 2. The second-order valence-electron chi connectivity index (χ2n) is 10.5. The highest BCUT2D eigenvalue weighted by atomic mass is 19.1. The van der Waals surface area contributed by atoms with Gasteiger partial charge in [-0.2, -0.15) is 5.10 Å². The predicted molar refractivity (Wildman–Crippen MR) is 148 cm³/mol. The van der Waals surface area contributed by atoms with E-state index in [0.717, 1.165) is 42.1 Å². The van der Waals surface area contributed by atoms with Crippen molar-refractivity contribution < 1.29 is 23.5 Å². The van der Waals surface area contributed by atoms with Crippen LogP contribution >= 0.6 is 0 Å². The summed E-state index contributed by atoms with van der Waals surface area (Å²) >= 11 is 0. The number of nitrogens with zero attached hydrogens (tertiary/aromatic N) is 5. The Morgan fingerprint density at radius 2 is 1.93 bits per heavy atom. The molecule has 0 bridgehead atoms. The molecule has 1 aliphatic carbocycles. The van der Waals surface area contributed by atoms with E-state index in [1.807, 2.05) is 19.0 Å². The van der Waals surface area contributed by atoms with Gasteiger partial charge in [0.05, 0.1) is 23.7 Å². The van der Waals surface area contributed by atoms with Crippen molar-refractivity contribution in [3.8, 4) is 0 Å². The highest BCUT2D eigenvalue weighted by Crippen LogP contribution is 2.33. The monoisotopic (exact) mass is 565 g/mol. The molecule has 1 fully saturated rings. The summed E-state index contributed by atoms with van der Waals surface area (Å²) in [6, 6.07) is 6.37.